The highest BCUT2D eigenvalue weighted by Crippen LogP contribution is 2.50. The Balaban J connectivity index is 1.45. The van der Waals surface area contributed by atoms with Gasteiger partial charge in [-0.3, -0.25) is 0 Å². The number of hydrogen-bond donors (Lipinski definition) is 0. The lowest BCUT2D eigenvalue weighted by molar-refractivity contribution is 1.02. The summed E-state index contributed by atoms with van der Waals surface area (Å²) in [5.74, 6) is 11.2. The van der Waals surface area contributed by atoms with Crippen LogP contribution in [0.1, 0.15) is 0 Å². The Labute approximate surface area is 130 Å². The summed E-state index contributed by atoms with van der Waals surface area (Å²) in [4.78, 5) is 0. The lowest BCUT2D eigenvalue weighted by atomic mass is 10.5. The molecule has 3 heterocycles. The summed E-state index contributed by atoms with van der Waals surface area (Å²) in [6.07, 6.45) is 0. The van der Waals surface area contributed by atoms with Crippen molar-refractivity contribution in [2.75, 3.05) is 46.0 Å². The molecule has 0 saturated carbocycles. The highest BCUT2D eigenvalue weighted by Gasteiger charge is 2.38. The van der Waals surface area contributed by atoms with Gasteiger partial charge < -0.3 is 0 Å². The molecule has 0 N–H and O–H groups in total. The van der Waals surface area contributed by atoms with Crippen molar-refractivity contribution >= 4 is 70.6 Å². The molecular formula is C11H18S6. The second kappa shape index (κ2) is 6.70. The van der Waals surface area contributed by atoms with Gasteiger partial charge in [-0.1, -0.05) is 0 Å². The molecule has 0 amide bonds. The first-order valence-electron chi connectivity index (χ1n) is 6.03. The van der Waals surface area contributed by atoms with Gasteiger partial charge in [0.25, 0.3) is 0 Å². The van der Waals surface area contributed by atoms with Crippen molar-refractivity contribution in [3.05, 3.63) is 0 Å². The minimum absolute atomic E-state index is 0.565. The van der Waals surface area contributed by atoms with Crippen LogP contribution in [0.25, 0.3) is 0 Å². The van der Waals surface area contributed by atoms with Gasteiger partial charge in [-0.2, -0.15) is 47.0 Å². The first-order chi connectivity index (χ1) is 8.36. The molecule has 0 aromatic rings. The average molecular weight is 343 g/mol. The second-order valence-corrected chi connectivity index (χ2v) is 12.5. The van der Waals surface area contributed by atoms with Crippen LogP contribution in [0.3, 0.4) is 0 Å². The summed E-state index contributed by atoms with van der Waals surface area (Å²) < 4.78 is 0.565. The Hall–Kier alpha value is 2.10. The molecule has 6 heteroatoms. The molecule has 0 bridgehead atoms. The fourth-order valence-electron chi connectivity index (χ4n) is 1.82. The molecule has 98 valence electrons. The van der Waals surface area contributed by atoms with E-state index in [1.807, 2.05) is 0 Å². The maximum Gasteiger partial charge on any atom is 0.0791 e. The van der Waals surface area contributed by atoms with Crippen LogP contribution in [0.4, 0.5) is 0 Å². The summed E-state index contributed by atoms with van der Waals surface area (Å²) in [5, 5.41) is 1.95. The van der Waals surface area contributed by atoms with Crippen LogP contribution in [-0.4, -0.2) is 60.6 Å². The van der Waals surface area contributed by atoms with Crippen molar-refractivity contribution < 1.29 is 0 Å². The number of hydrogen-bond acceptors (Lipinski definition) is 6. The molecule has 3 fully saturated rings. The summed E-state index contributed by atoms with van der Waals surface area (Å²) >= 11 is 13.2. The maximum atomic E-state index is 2.26. The predicted molar refractivity (Wildman–Crippen MR) is 94.8 cm³/mol. The quantitative estimate of drug-likeness (QED) is 0.713. The zero-order chi connectivity index (χ0) is 11.6. The van der Waals surface area contributed by atoms with E-state index in [1.165, 1.54) is 46.0 Å². The molecule has 0 aromatic heterocycles. The lowest BCUT2D eigenvalue weighted by Crippen LogP contribution is -2.31. The first kappa shape index (κ1) is 14.1. The maximum absolute atomic E-state index is 2.26. The molecule has 17 heavy (non-hydrogen) atoms. The Kier molecular flexibility index (Phi) is 5.54. The van der Waals surface area contributed by atoms with Crippen LogP contribution >= 0.6 is 70.6 Å². The van der Waals surface area contributed by atoms with Crippen LogP contribution < -0.4 is 0 Å². The van der Waals surface area contributed by atoms with Crippen molar-refractivity contribution in [2.45, 2.75) is 14.6 Å². The average Bonchev–Trinajstić information content (AvgIpc) is 2.62. The van der Waals surface area contributed by atoms with Gasteiger partial charge in [-0.05, 0) is 0 Å². The van der Waals surface area contributed by atoms with Crippen molar-refractivity contribution in [1.29, 1.82) is 0 Å². The van der Waals surface area contributed by atoms with Crippen molar-refractivity contribution in [2.24, 2.45) is 0 Å². The zero-order valence-corrected chi connectivity index (χ0v) is 14.7. The van der Waals surface area contributed by atoms with Gasteiger partial charge in [-0.25, -0.2) is 0 Å². The van der Waals surface area contributed by atoms with E-state index in [0.29, 0.717) is 4.08 Å². The van der Waals surface area contributed by atoms with Gasteiger partial charge in [0.15, 0.2) is 0 Å². The Morgan fingerprint density at radius 1 is 0.824 bits per heavy atom. The fourth-order valence-corrected chi connectivity index (χ4v) is 11.1. The Morgan fingerprint density at radius 2 is 1.29 bits per heavy atom. The second-order valence-electron chi connectivity index (χ2n) is 4.55. The monoisotopic (exact) mass is 342 g/mol. The third-order valence-electron chi connectivity index (χ3n) is 3.11. The summed E-state index contributed by atoms with van der Waals surface area (Å²) in [6, 6.07) is 0. The van der Waals surface area contributed by atoms with E-state index in [0.717, 1.165) is 10.5 Å². The van der Waals surface area contributed by atoms with Crippen molar-refractivity contribution in [3.63, 3.8) is 0 Å². The number of rotatable bonds is 6. The van der Waals surface area contributed by atoms with Gasteiger partial charge in [0.1, 0.15) is 0 Å². The minimum Gasteiger partial charge on any atom is -0.160 e. The predicted octanol–water partition coefficient (Wildman–Crippen LogP) is 3.86. The normalized spacial score (nSPS) is 28.9. The molecule has 0 spiro atoms. The SMILES string of the molecule is C1CSC(CSC2CSC2)(CSC2CSC2)S1. The number of thioether (sulfide) groups is 6. The molecule has 3 aliphatic rings. The van der Waals surface area contributed by atoms with E-state index in [4.69, 9.17) is 0 Å². The van der Waals surface area contributed by atoms with Gasteiger partial charge in [0, 0.05) is 56.5 Å². The van der Waals surface area contributed by atoms with Gasteiger partial charge in [0.05, 0.1) is 4.08 Å². The fraction of sp³-hybridized carbons (Fsp3) is 1.00. The summed E-state index contributed by atoms with van der Waals surface area (Å²) in [6.45, 7) is 0. The Bertz CT molecular complexity index is 224. The van der Waals surface area contributed by atoms with E-state index < -0.39 is 0 Å². The largest absolute Gasteiger partial charge is 0.160 e. The van der Waals surface area contributed by atoms with Crippen molar-refractivity contribution in [3.8, 4) is 0 Å². The van der Waals surface area contributed by atoms with Crippen LogP contribution in [0.2, 0.25) is 0 Å². The lowest BCUT2D eigenvalue weighted by Gasteiger charge is -2.33. The first-order valence-corrected chi connectivity index (χ1v) is 12.4. The van der Waals surface area contributed by atoms with Crippen LogP contribution in [0.15, 0.2) is 0 Å². The standard InChI is InChI=1S/C11H18S6/c1-2-17-11(16-1,7-14-9-3-12-4-9)8-15-10-5-13-6-10/h9-10H,1-8H2. The van der Waals surface area contributed by atoms with Crippen molar-refractivity contribution in [1.82, 2.24) is 0 Å². The van der Waals surface area contributed by atoms with Gasteiger partial charge in [0.2, 0.25) is 0 Å². The molecule has 0 radical (unpaired) electrons. The Morgan fingerprint density at radius 3 is 1.65 bits per heavy atom. The van der Waals surface area contributed by atoms with E-state index >= 15 is 0 Å². The van der Waals surface area contributed by atoms with E-state index in [1.54, 1.807) is 0 Å². The van der Waals surface area contributed by atoms with Crippen LogP contribution in [0, 0.1) is 0 Å². The summed E-state index contributed by atoms with van der Waals surface area (Å²) in [5.41, 5.74) is 0. The molecule has 0 unspecified atom stereocenters. The molecule has 0 nitrogen and oxygen atoms in total. The third kappa shape index (κ3) is 3.81. The van der Waals surface area contributed by atoms with E-state index in [2.05, 4.69) is 70.6 Å². The minimum atomic E-state index is 0.565. The molecular weight excluding hydrogens is 325 g/mol. The van der Waals surface area contributed by atoms with Gasteiger partial charge >= 0.3 is 0 Å². The molecule has 3 saturated heterocycles. The zero-order valence-electron chi connectivity index (χ0n) is 9.76. The van der Waals surface area contributed by atoms with E-state index in [-0.39, 0.29) is 0 Å². The molecule has 3 aliphatic heterocycles. The molecule has 0 atom stereocenters. The van der Waals surface area contributed by atoms with E-state index in [9.17, 15) is 0 Å². The van der Waals surface area contributed by atoms with Crippen LogP contribution in [0.5, 0.6) is 0 Å². The van der Waals surface area contributed by atoms with Gasteiger partial charge in [-0.15, -0.1) is 23.5 Å². The smallest absolute Gasteiger partial charge is 0.0791 e. The summed E-state index contributed by atoms with van der Waals surface area (Å²) in [7, 11) is 0. The molecule has 0 aliphatic carbocycles. The van der Waals surface area contributed by atoms with Crippen LogP contribution in [-0.2, 0) is 0 Å². The highest BCUT2D eigenvalue weighted by atomic mass is 32.2. The topological polar surface area (TPSA) is 0 Å². The third-order valence-corrected chi connectivity index (χ3v) is 13.6. The molecule has 0 aromatic carbocycles. The molecule has 3 rings (SSSR count). The highest BCUT2D eigenvalue weighted by molar-refractivity contribution is 8.23.